The number of likely N-dealkylation sites (N-methyl/N-ethyl adjacent to an activating group) is 1. The highest BCUT2D eigenvalue weighted by Crippen LogP contribution is 2.18. The number of hydrogen-bond donors (Lipinski definition) is 1. The van der Waals surface area contributed by atoms with Gasteiger partial charge in [0, 0.05) is 37.2 Å². The Morgan fingerprint density at radius 3 is 2.80 bits per heavy atom. The molecule has 0 aliphatic carbocycles. The molecule has 1 aliphatic rings. The highest BCUT2D eigenvalue weighted by atomic mass is 32.1. The molecule has 134 valence electrons. The van der Waals surface area contributed by atoms with Crippen LogP contribution in [0, 0.1) is 0 Å². The molecule has 7 heteroatoms. The van der Waals surface area contributed by atoms with E-state index < -0.39 is 0 Å². The summed E-state index contributed by atoms with van der Waals surface area (Å²) < 4.78 is 5.36. The molecule has 6 nitrogen and oxygen atoms in total. The molecule has 0 spiro atoms. The summed E-state index contributed by atoms with van der Waals surface area (Å²) in [7, 11) is 0. The van der Waals surface area contributed by atoms with Gasteiger partial charge < -0.3 is 15.0 Å². The minimum absolute atomic E-state index is 0.0435. The van der Waals surface area contributed by atoms with E-state index in [0.29, 0.717) is 11.7 Å². The highest BCUT2D eigenvalue weighted by molar-refractivity contribution is 7.13. The second-order valence-electron chi connectivity index (χ2n) is 5.93. The number of anilines is 2. The van der Waals surface area contributed by atoms with Crippen LogP contribution in [0.1, 0.15) is 12.6 Å². The summed E-state index contributed by atoms with van der Waals surface area (Å²) in [5, 5.41) is 5.60. The first-order valence-electron chi connectivity index (χ1n) is 8.59. The van der Waals surface area contributed by atoms with Gasteiger partial charge in [0.1, 0.15) is 0 Å². The summed E-state index contributed by atoms with van der Waals surface area (Å²) in [6.45, 7) is 7.37. The lowest BCUT2D eigenvalue weighted by atomic mass is 10.3. The third-order valence-corrected chi connectivity index (χ3v) is 4.93. The lowest BCUT2D eigenvalue weighted by molar-refractivity contribution is -0.115. The van der Waals surface area contributed by atoms with Crippen molar-refractivity contribution in [2.45, 2.75) is 13.5 Å². The summed E-state index contributed by atoms with van der Waals surface area (Å²) in [6.07, 6.45) is 0. The van der Waals surface area contributed by atoms with Crippen LogP contribution in [0.5, 0.6) is 0 Å². The number of ether oxygens (including phenoxy) is 1. The van der Waals surface area contributed by atoms with Gasteiger partial charge in [0.2, 0.25) is 5.91 Å². The van der Waals surface area contributed by atoms with E-state index in [1.54, 1.807) is 0 Å². The van der Waals surface area contributed by atoms with Gasteiger partial charge in [-0.1, -0.05) is 18.2 Å². The fourth-order valence-corrected chi connectivity index (χ4v) is 3.50. The fourth-order valence-electron chi connectivity index (χ4n) is 2.78. The van der Waals surface area contributed by atoms with E-state index in [1.165, 1.54) is 11.3 Å². The predicted molar refractivity (Wildman–Crippen MR) is 101 cm³/mol. The number of benzene rings is 1. The quantitative estimate of drug-likeness (QED) is 0.822. The molecule has 1 aromatic carbocycles. The van der Waals surface area contributed by atoms with Crippen LogP contribution < -0.4 is 10.2 Å². The van der Waals surface area contributed by atoms with E-state index >= 15 is 0 Å². The van der Waals surface area contributed by atoms with Crippen molar-refractivity contribution in [1.29, 1.82) is 0 Å². The molecule has 1 fully saturated rings. The molecule has 0 unspecified atom stereocenters. The van der Waals surface area contributed by atoms with E-state index in [9.17, 15) is 4.79 Å². The van der Waals surface area contributed by atoms with Crippen LogP contribution in [0.25, 0.3) is 0 Å². The van der Waals surface area contributed by atoms with Gasteiger partial charge in [-0.05, 0) is 19.1 Å². The van der Waals surface area contributed by atoms with Crippen LogP contribution in [0.4, 0.5) is 10.8 Å². The Hall–Kier alpha value is -1.96. The first-order chi connectivity index (χ1) is 12.2. The lowest BCUT2D eigenvalue weighted by Crippen LogP contribution is -2.35. The molecule has 3 rings (SSSR count). The molecular weight excluding hydrogens is 336 g/mol. The number of rotatable bonds is 7. The Balaban J connectivity index is 1.52. The second kappa shape index (κ2) is 8.94. The predicted octanol–water partition coefficient (Wildman–Crippen LogP) is 2.44. The molecule has 1 saturated heterocycles. The lowest BCUT2D eigenvalue weighted by Gasteiger charge is -2.25. The van der Waals surface area contributed by atoms with Gasteiger partial charge in [-0.3, -0.25) is 9.69 Å². The van der Waals surface area contributed by atoms with Gasteiger partial charge >= 0.3 is 0 Å². The van der Waals surface area contributed by atoms with Crippen molar-refractivity contribution < 1.29 is 9.53 Å². The van der Waals surface area contributed by atoms with Gasteiger partial charge in [-0.2, -0.15) is 0 Å². The number of carbonyl (C=O) groups is 1. The number of aromatic nitrogens is 1. The van der Waals surface area contributed by atoms with Gasteiger partial charge in [0.15, 0.2) is 5.13 Å². The second-order valence-corrected chi connectivity index (χ2v) is 6.79. The number of para-hydroxylation sites is 1. The summed E-state index contributed by atoms with van der Waals surface area (Å²) in [5.41, 5.74) is 2.05. The summed E-state index contributed by atoms with van der Waals surface area (Å²) in [6, 6.07) is 9.97. The van der Waals surface area contributed by atoms with E-state index in [-0.39, 0.29) is 5.91 Å². The van der Waals surface area contributed by atoms with Crippen LogP contribution in [0.2, 0.25) is 0 Å². The zero-order valence-corrected chi connectivity index (χ0v) is 15.3. The first kappa shape index (κ1) is 17.8. The number of nitrogens with one attached hydrogen (secondary N) is 1. The summed E-state index contributed by atoms with van der Waals surface area (Å²) in [5.74, 6) is -0.0435. The fraction of sp³-hybridized carbons (Fsp3) is 0.444. The number of carbonyl (C=O) groups excluding carboxylic acids is 1. The van der Waals surface area contributed by atoms with Crippen LogP contribution >= 0.6 is 11.3 Å². The maximum Gasteiger partial charge on any atom is 0.245 e. The van der Waals surface area contributed by atoms with Gasteiger partial charge in [0.25, 0.3) is 0 Å². The number of morpholine rings is 1. The minimum Gasteiger partial charge on any atom is -0.379 e. The number of thiazole rings is 1. The standard InChI is InChI=1S/C18H24N4O2S/c1-2-22(16-6-4-3-5-7-16)13-17(23)20-18-19-15(14-25-18)12-21-8-10-24-11-9-21/h3-7,14H,2,8-13H2,1H3,(H,19,20,23). The number of hydrogen-bond acceptors (Lipinski definition) is 6. The maximum absolute atomic E-state index is 12.3. The highest BCUT2D eigenvalue weighted by Gasteiger charge is 2.14. The van der Waals surface area contributed by atoms with Crippen molar-refractivity contribution in [3.63, 3.8) is 0 Å². The molecule has 2 aromatic rings. The molecule has 1 amide bonds. The third kappa shape index (κ3) is 5.26. The van der Waals surface area contributed by atoms with Crippen LogP contribution in [-0.2, 0) is 16.1 Å². The Bertz CT molecular complexity index is 671. The molecule has 2 heterocycles. The molecule has 0 radical (unpaired) electrons. The van der Waals surface area contributed by atoms with Gasteiger partial charge in [-0.15, -0.1) is 11.3 Å². The van der Waals surface area contributed by atoms with Crippen molar-refractivity contribution in [2.24, 2.45) is 0 Å². The molecule has 1 aliphatic heterocycles. The molecule has 0 saturated carbocycles. The number of amides is 1. The zero-order valence-electron chi connectivity index (χ0n) is 14.5. The monoisotopic (exact) mass is 360 g/mol. The van der Waals surface area contributed by atoms with Crippen LogP contribution in [-0.4, -0.2) is 55.2 Å². The van der Waals surface area contributed by atoms with Crippen molar-refractivity contribution in [3.05, 3.63) is 41.4 Å². The Morgan fingerprint density at radius 1 is 1.32 bits per heavy atom. The Labute approximate surface area is 152 Å². The summed E-state index contributed by atoms with van der Waals surface area (Å²) in [4.78, 5) is 21.2. The Morgan fingerprint density at radius 2 is 2.08 bits per heavy atom. The first-order valence-corrected chi connectivity index (χ1v) is 9.47. The molecule has 0 bridgehead atoms. The smallest absolute Gasteiger partial charge is 0.245 e. The van der Waals surface area contributed by atoms with Gasteiger partial charge in [0.05, 0.1) is 25.5 Å². The topological polar surface area (TPSA) is 57.7 Å². The molecule has 25 heavy (non-hydrogen) atoms. The normalized spacial score (nSPS) is 15.1. The average molecular weight is 360 g/mol. The van der Waals surface area contributed by atoms with Crippen molar-refractivity contribution >= 4 is 28.1 Å². The van der Waals surface area contributed by atoms with Crippen molar-refractivity contribution in [1.82, 2.24) is 9.88 Å². The van der Waals surface area contributed by atoms with E-state index in [2.05, 4.69) is 15.2 Å². The molecule has 1 N–H and O–H groups in total. The zero-order chi connectivity index (χ0) is 17.5. The van der Waals surface area contributed by atoms with Gasteiger partial charge in [-0.25, -0.2) is 4.98 Å². The largest absolute Gasteiger partial charge is 0.379 e. The molecular formula is C18H24N4O2S. The SMILES string of the molecule is CCN(CC(=O)Nc1nc(CN2CCOCC2)cs1)c1ccccc1. The van der Waals surface area contributed by atoms with Crippen LogP contribution in [0.3, 0.4) is 0 Å². The Kier molecular flexibility index (Phi) is 6.38. The van der Waals surface area contributed by atoms with Crippen molar-refractivity contribution in [2.75, 3.05) is 49.6 Å². The van der Waals surface area contributed by atoms with E-state index in [4.69, 9.17) is 4.74 Å². The minimum atomic E-state index is -0.0435. The van der Waals surface area contributed by atoms with E-state index in [0.717, 1.165) is 50.8 Å². The molecule has 0 atom stereocenters. The molecule has 1 aromatic heterocycles. The third-order valence-electron chi connectivity index (χ3n) is 4.12. The average Bonchev–Trinajstić information content (AvgIpc) is 3.08. The van der Waals surface area contributed by atoms with Crippen molar-refractivity contribution in [3.8, 4) is 0 Å². The maximum atomic E-state index is 12.3. The number of nitrogens with zero attached hydrogens (tertiary/aromatic N) is 3. The van der Waals surface area contributed by atoms with E-state index in [1.807, 2.05) is 47.5 Å². The van der Waals surface area contributed by atoms with Crippen LogP contribution in [0.15, 0.2) is 35.7 Å². The summed E-state index contributed by atoms with van der Waals surface area (Å²) >= 11 is 1.48.